The fraction of sp³-hybridized carbons (Fsp3) is 0.579. The number of nitrogens with one attached hydrogen (secondary N) is 1. The molecule has 1 saturated heterocycles. The molecule has 0 spiro atoms. The molecule has 5 heteroatoms. The van der Waals surface area contributed by atoms with E-state index in [4.69, 9.17) is 0 Å². The van der Waals surface area contributed by atoms with Crippen LogP contribution in [0.3, 0.4) is 0 Å². The summed E-state index contributed by atoms with van der Waals surface area (Å²) in [5.74, 6) is 1.02. The Hall–Kier alpha value is -1.49. The summed E-state index contributed by atoms with van der Waals surface area (Å²) in [5, 5.41) is 3.05. The fourth-order valence-electron chi connectivity index (χ4n) is 2.81. The van der Waals surface area contributed by atoms with Crippen molar-refractivity contribution < 1.29 is 9.59 Å². The minimum absolute atomic E-state index is 0.0645. The highest BCUT2D eigenvalue weighted by molar-refractivity contribution is 8.00. The Morgan fingerprint density at radius 1 is 1.21 bits per heavy atom. The van der Waals surface area contributed by atoms with Crippen LogP contribution in [0.25, 0.3) is 0 Å². The number of thioether (sulfide) groups is 1. The highest BCUT2D eigenvalue weighted by Gasteiger charge is 2.42. The Morgan fingerprint density at radius 2 is 1.83 bits per heavy atom. The third kappa shape index (κ3) is 4.53. The van der Waals surface area contributed by atoms with E-state index in [1.807, 2.05) is 49.9 Å². The Morgan fingerprint density at radius 3 is 2.38 bits per heavy atom. The van der Waals surface area contributed by atoms with Crippen LogP contribution in [0, 0.1) is 18.8 Å². The minimum Gasteiger partial charge on any atom is -0.324 e. The summed E-state index contributed by atoms with van der Waals surface area (Å²) in [6.45, 7) is 10.1. The smallest absolute Gasteiger partial charge is 0.248 e. The first-order valence-corrected chi connectivity index (χ1v) is 9.65. The van der Waals surface area contributed by atoms with Gasteiger partial charge in [0.15, 0.2) is 0 Å². The molecule has 24 heavy (non-hydrogen) atoms. The third-order valence-electron chi connectivity index (χ3n) is 4.14. The van der Waals surface area contributed by atoms with Gasteiger partial charge in [-0.2, -0.15) is 0 Å². The van der Waals surface area contributed by atoms with Gasteiger partial charge in [-0.1, -0.05) is 45.4 Å². The summed E-state index contributed by atoms with van der Waals surface area (Å²) in [6, 6.07) is 7.34. The van der Waals surface area contributed by atoms with Gasteiger partial charge in [-0.3, -0.25) is 9.59 Å². The van der Waals surface area contributed by atoms with Crippen molar-refractivity contribution in [1.29, 1.82) is 0 Å². The van der Waals surface area contributed by atoms with Gasteiger partial charge in [0, 0.05) is 17.4 Å². The number of anilines is 1. The molecule has 2 amide bonds. The van der Waals surface area contributed by atoms with Gasteiger partial charge in [-0.25, -0.2) is 0 Å². The van der Waals surface area contributed by atoms with E-state index in [0.717, 1.165) is 17.7 Å². The second-order valence-electron chi connectivity index (χ2n) is 7.19. The van der Waals surface area contributed by atoms with E-state index in [1.165, 1.54) is 0 Å². The van der Waals surface area contributed by atoms with Crippen molar-refractivity contribution in [2.45, 2.75) is 52.5 Å². The highest BCUT2D eigenvalue weighted by Crippen LogP contribution is 2.35. The standard InChI is InChI=1S/C19H28N2O2S/c1-12(2)10-17-21(19(23)13(3)4)16(11-24-17)18(22)20-15-8-6-14(5)7-9-15/h6-9,12-13,16-17H,10-11H2,1-5H3,(H,20,22). The molecule has 0 saturated carbocycles. The molecule has 0 bridgehead atoms. The molecular weight excluding hydrogens is 320 g/mol. The van der Waals surface area contributed by atoms with E-state index in [-0.39, 0.29) is 23.1 Å². The van der Waals surface area contributed by atoms with Crippen LogP contribution in [0.2, 0.25) is 0 Å². The molecule has 0 radical (unpaired) electrons. The summed E-state index contributed by atoms with van der Waals surface area (Å²) >= 11 is 1.72. The largest absolute Gasteiger partial charge is 0.324 e. The Balaban J connectivity index is 2.15. The molecule has 1 aliphatic heterocycles. The van der Waals surface area contributed by atoms with Crippen molar-refractivity contribution in [2.24, 2.45) is 11.8 Å². The lowest BCUT2D eigenvalue weighted by molar-refractivity contribution is -0.140. The molecule has 1 heterocycles. The fourth-order valence-corrected chi connectivity index (χ4v) is 4.46. The number of carbonyl (C=O) groups is 2. The van der Waals surface area contributed by atoms with Gasteiger partial charge < -0.3 is 10.2 Å². The molecule has 0 aromatic heterocycles. The van der Waals surface area contributed by atoms with Gasteiger partial charge >= 0.3 is 0 Å². The Labute approximate surface area is 149 Å². The third-order valence-corrected chi connectivity index (χ3v) is 5.45. The molecule has 132 valence electrons. The number of hydrogen-bond donors (Lipinski definition) is 1. The average molecular weight is 349 g/mol. The molecule has 1 fully saturated rings. The van der Waals surface area contributed by atoms with E-state index in [1.54, 1.807) is 11.8 Å². The van der Waals surface area contributed by atoms with Crippen molar-refractivity contribution in [1.82, 2.24) is 4.90 Å². The van der Waals surface area contributed by atoms with Crippen molar-refractivity contribution in [3.8, 4) is 0 Å². The number of carbonyl (C=O) groups excluding carboxylic acids is 2. The molecule has 1 aliphatic rings. The summed E-state index contributed by atoms with van der Waals surface area (Å²) < 4.78 is 0. The van der Waals surface area contributed by atoms with Crippen molar-refractivity contribution >= 4 is 29.3 Å². The normalized spacial score (nSPS) is 20.7. The van der Waals surface area contributed by atoms with Crippen LogP contribution in [-0.2, 0) is 9.59 Å². The van der Waals surface area contributed by atoms with E-state index >= 15 is 0 Å². The second kappa shape index (κ2) is 8.06. The van der Waals surface area contributed by atoms with E-state index < -0.39 is 6.04 Å². The lowest BCUT2D eigenvalue weighted by Gasteiger charge is -2.31. The molecule has 2 atom stereocenters. The summed E-state index contributed by atoms with van der Waals surface area (Å²) in [6.07, 6.45) is 0.914. The quantitative estimate of drug-likeness (QED) is 0.878. The summed E-state index contributed by atoms with van der Waals surface area (Å²) in [4.78, 5) is 27.2. The van der Waals surface area contributed by atoms with Gasteiger partial charge in [0.05, 0.1) is 5.37 Å². The molecule has 1 aromatic rings. The monoisotopic (exact) mass is 348 g/mol. The predicted molar refractivity (Wildman–Crippen MR) is 101 cm³/mol. The van der Waals surface area contributed by atoms with Crippen LogP contribution in [-0.4, -0.2) is 33.9 Å². The van der Waals surface area contributed by atoms with Crippen molar-refractivity contribution in [3.63, 3.8) is 0 Å². The number of amides is 2. The molecule has 1 aromatic carbocycles. The zero-order valence-corrected chi connectivity index (χ0v) is 16.0. The molecular formula is C19H28N2O2S. The van der Waals surface area contributed by atoms with Crippen LogP contribution in [0.5, 0.6) is 0 Å². The number of aryl methyl sites for hydroxylation is 1. The molecule has 2 unspecified atom stereocenters. The zero-order valence-electron chi connectivity index (χ0n) is 15.2. The van der Waals surface area contributed by atoms with Crippen LogP contribution in [0.1, 0.15) is 39.7 Å². The summed E-state index contributed by atoms with van der Waals surface area (Å²) in [5.41, 5.74) is 1.93. The highest BCUT2D eigenvalue weighted by atomic mass is 32.2. The SMILES string of the molecule is Cc1ccc(NC(=O)C2CSC(CC(C)C)N2C(=O)C(C)C)cc1. The van der Waals surface area contributed by atoms with Crippen LogP contribution in [0.15, 0.2) is 24.3 Å². The average Bonchev–Trinajstić information content (AvgIpc) is 2.91. The Kier molecular flexibility index (Phi) is 6.33. The van der Waals surface area contributed by atoms with Crippen molar-refractivity contribution in [3.05, 3.63) is 29.8 Å². The maximum Gasteiger partial charge on any atom is 0.248 e. The van der Waals surface area contributed by atoms with Gasteiger partial charge in [-0.05, 0) is 31.4 Å². The number of hydrogen-bond acceptors (Lipinski definition) is 3. The Bertz CT molecular complexity index is 584. The first-order chi connectivity index (χ1) is 11.3. The van der Waals surface area contributed by atoms with Crippen molar-refractivity contribution in [2.75, 3.05) is 11.1 Å². The van der Waals surface area contributed by atoms with Crippen LogP contribution < -0.4 is 5.32 Å². The van der Waals surface area contributed by atoms with Gasteiger partial charge in [0.2, 0.25) is 11.8 Å². The molecule has 0 aliphatic carbocycles. The maximum atomic E-state index is 12.8. The number of rotatable bonds is 5. The summed E-state index contributed by atoms with van der Waals surface area (Å²) in [7, 11) is 0. The first kappa shape index (κ1) is 18.8. The van der Waals surface area contributed by atoms with Gasteiger partial charge in [0.1, 0.15) is 6.04 Å². The van der Waals surface area contributed by atoms with Gasteiger partial charge in [-0.15, -0.1) is 11.8 Å². The molecule has 2 rings (SSSR count). The van der Waals surface area contributed by atoms with Crippen LogP contribution >= 0.6 is 11.8 Å². The maximum absolute atomic E-state index is 12.8. The van der Waals surface area contributed by atoms with Gasteiger partial charge in [0.25, 0.3) is 0 Å². The lowest BCUT2D eigenvalue weighted by Crippen LogP contribution is -2.49. The first-order valence-electron chi connectivity index (χ1n) is 8.61. The van der Waals surface area contributed by atoms with E-state index in [2.05, 4.69) is 19.2 Å². The lowest BCUT2D eigenvalue weighted by atomic mass is 10.1. The number of benzene rings is 1. The molecule has 4 nitrogen and oxygen atoms in total. The minimum atomic E-state index is -0.394. The predicted octanol–water partition coefficient (Wildman–Crippen LogP) is 3.91. The molecule has 1 N–H and O–H groups in total. The second-order valence-corrected chi connectivity index (χ2v) is 8.40. The zero-order chi connectivity index (χ0) is 17.9. The number of nitrogens with zero attached hydrogens (tertiary/aromatic N) is 1. The topological polar surface area (TPSA) is 49.4 Å². The van der Waals surface area contributed by atoms with Crippen LogP contribution in [0.4, 0.5) is 5.69 Å². The van der Waals surface area contributed by atoms with E-state index in [9.17, 15) is 9.59 Å². The van der Waals surface area contributed by atoms with E-state index in [0.29, 0.717) is 11.7 Å².